The first kappa shape index (κ1) is 21.0. The fourth-order valence-electron chi connectivity index (χ4n) is 3.03. The van der Waals surface area contributed by atoms with Crippen molar-refractivity contribution >= 4 is 23.3 Å². The number of fused-ring (bicyclic) bond motifs is 1. The molecule has 0 fully saturated rings. The van der Waals surface area contributed by atoms with Crippen LogP contribution in [0.25, 0.3) is 0 Å². The summed E-state index contributed by atoms with van der Waals surface area (Å²) in [6.45, 7) is 7.20. The monoisotopic (exact) mass is 415 g/mol. The predicted molar refractivity (Wildman–Crippen MR) is 114 cm³/mol. The van der Waals surface area contributed by atoms with Gasteiger partial charge in [0, 0.05) is 11.4 Å². The molecule has 1 heterocycles. The minimum atomic E-state index is -1.41. The number of hydrogen-bond donors (Lipinski definition) is 3. The molecule has 1 aliphatic rings. The summed E-state index contributed by atoms with van der Waals surface area (Å²) in [7, 11) is 0. The molecule has 0 saturated carbocycles. The minimum absolute atomic E-state index is 0.239. The van der Waals surface area contributed by atoms with E-state index in [1.165, 1.54) is 0 Å². The van der Waals surface area contributed by atoms with Gasteiger partial charge in [0.25, 0.3) is 0 Å². The van der Waals surface area contributed by atoms with Crippen molar-refractivity contribution in [3.05, 3.63) is 70.2 Å². The quantitative estimate of drug-likeness (QED) is 0.652. The van der Waals surface area contributed by atoms with E-state index < -0.39 is 17.1 Å². The maximum absolute atomic E-state index is 13.2. The van der Waals surface area contributed by atoms with Crippen molar-refractivity contribution in [2.45, 2.75) is 45.3 Å². The lowest BCUT2D eigenvalue weighted by molar-refractivity contribution is -0.162. The Morgan fingerprint density at radius 3 is 2.45 bits per heavy atom. The smallest absolute Gasteiger partial charge is 0.331 e. The molecule has 1 unspecified atom stereocenters. The molecule has 1 atom stereocenters. The fraction of sp³-hybridized carbons (Fsp3) is 0.318. The van der Waals surface area contributed by atoms with Gasteiger partial charge in [-0.2, -0.15) is 0 Å². The third-order valence-electron chi connectivity index (χ3n) is 4.57. The Kier molecular flexibility index (Phi) is 5.52. The maximum atomic E-state index is 13.2. The number of ether oxygens (including phenoxy) is 2. The largest absolute Gasteiger partial charge is 0.458 e. The number of carbonyl (C=O) groups is 1. The number of esters is 1. The summed E-state index contributed by atoms with van der Waals surface area (Å²) in [4.78, 5) is 13.2. The standard InChI is InChI=1S/C22H26ClN3O3/c1-13-19(24)26-17-11-15(7-10-18(17)28-13)22(25,20(27)29-21(2,3)4)12-14-5-8-16(23)9-6-14/h5-11,26H,12,24-25H2,1-4H3. The van der Waals surface area contributed by atoms with E-state index in [9.17, 15) is 4.79 Å². The number of carbonyl (C=O) groups excluding carboxylic acids is 1. The zero-order valence-corrected chi connectivity index (χ0v) is 17.8. The highest BCUT2D eigenvalue weighted by molar-refractivity contribution is 6.30. The number of rotatable bonds is 4. The summed E-state index contributed by atoms with van der Waals surface area (Å²) in [5, 5.41) is 3.70. The van der Waals surface area contributed by atoms with Crippen LogP contribution in [0.15, 0.2) is 54.0 Å². The summed E-state index contributed by atoms with van der Waals surface area (Å²) < 4.78 is 11.4. The zero-order valence-electron chi connectivity index (χ0n) is 17.0. The van der Waals surface area contributed by atoms with E-state index in [0.29, 0.717) is 33.6 Å². The number of allylic oxidation sites excluding steroid dienone is 1. The van der Waals surface area contributed by atoms with Crippen molar-refractivity contribution in [3.63, 3.8) is 0 Å². The average Bonchev–Trinajstić information content (AvgIpc) is 2.62. The number of hydrogen-bond acceptors (Lipinski definition) is 6. The molecule has 0 aromatic heterocycles. The summed E-state index contributed by atoms with van der Waals surface area (Å²) in [5.41, 5.74) is 12.7. The van der Waals surface area contributed by atoms with Crippen LogP contribution < -0.4 is 21.5 Å². The molecule has 6 nitrogen and oxygen atoms in total. The highest BCUT2D eigenvalue weighted by Crippen LogP contribution is 2.36. The van der Waals surface area contributed by atoms with Crippen LogP contribution >= 0.6 is 11.6 Å². The van der Waals surface area contributed by atoms with E-state index in [2.05, 4.69) is 5.32 Å². The second kappa shape index (κ2) is 7.61. The van der Waals surface area contributed by atoms with Crippen molar-refractivity contribution in [2.24, 2.45) is 11.5 Å². The summed E-state index contributed by atoms with van der Waals surface area (Å²) in [5.74, 6) is 1.08. The molecule has 0 saturated heterocycles. The lowest BCUT2D eigenvalue weighted by Crippen LogP contribution is -2.50. The van der Waals surface area contributed by atoms with Crippen LogP contribution in [-0.2, 0) is 21.5 Å². The van der Waals surface area contributed by atoms with E-state index in [1.807, 2.05) is 32.9 Å². The number of nitrogens with two attached hydrogens (primary N) is 2. The van der Waals surface area contributed by atoms with E-state index >= 15 is 0 Å². The molecule has 0 aliphatic carbocycles. The topological polar surface area (TPSA) is 99.6 Å². The molecule has 0 bridgehead atoms. The number of halogens is 1. The Morgan fingerprint density at radius 2 is 1.83 bits per heavy atom. The lowest BCUT2D eigenvalue weighted by atomic mass is 9.84. The second-order valence-corrected chi connectivity index (χ2v) is 8.62. The van der Waals surface area contributed by atoms with Crippen molar-refractivity contribution in [1.82, 2.24) is 0 Å². The van der Waals surface area contributed by atoms with Crippen LogP contribution in [0.2, 0.25) is 5.02 Å². The Hall–Kier alpha value is -2.70. The molecule has 7 heteroatoms. The number of anilines is 1. The Balaban J connectivity index is 2.02. The van der Waals surface area contributed by atoms with Crippen molar-refractivity contribution in [3.8, 4) is 5.75 Å². The van der Waals surface area contributed by atoms with Crippen LogP contribution in [0.5, 0.6) is 5.75 Å². The van der Waals surface area contributed by atoms with Crippen molar-refractivity contribution < 1.29 is 14.3 Å². The number of nitrogens with one attached hydrogen (secondary N) is 1. The van der Waals surface area contributed by atoms with Gasteiger partial charge in [-0.15, -0.1) is 0 Å². The second-order valence-electron chi connectivity index (χ2n) is 8.18. The van der Waals surface area contributed by atoms with Gasteiger partial charge in [-0.1, -0.05) is 29.8 Å². The van der Waals surface area contributed by atoms with E-state index in [-0.39, 0.29) is 6.42 Å². The first-order valence-electron chi connectivity index (χ1n) is 9.30. The minimum Gasteiger partial charge on any atom is -0.458 e. The molecule has 0 spiro atoms. The van der Waals surface area contributed by atoms with Gasteiger partial charge in [0.1, 0.15) is 22.7 Å². The third-order valence-corrected chi connectivity index (χ3v) is 4.82. The van der Waals surface area contributed by atoms with Crippen molar-refractivity contribution in [1.29, 1.82) is 0 Å². The van der Waals surface area contributed by atoms with E-state index in [0.717, 1.165) is 5.56 Å². The van der Waals surface area contributed by atoms with Crippen molar-refractivity contribution in [2.75, 3.05) is 5.32 Å². The predicted octanol–water partition coefficient (Wildman–Crippen LogP) is 4.03. The SMILES string of the molecule is CC1=C(N)Nc2cc(C(N)(Cc3ccc(Cl)cc3)C(=O)OC(C)(C)C)ccc2O1. The van der Waals surface area contributed by atoms with Crippen LogP contribution in [0.3, 0.4) is 0 Å². The van der Waals surface area contributed by atoms with Gasteiger partial charge in [0.05, 0.1) is 5.69 Å². The summed E-state index contributed by atoms with van der Waals surface area (Å²) >= 11 is 5.99. The molecule has 29 heavy (non-hydrogen) atoms. The molecule has 2 aromatic rings. The third kappa shape index (κ3) is 4.66. The van der Waals surface area contributed by atoms with Gasteiger partial charge in [-0.3, -0.25) is 0 Å². The zero-order chi connectivity index (χ0) is 21.4. The normalized spacial score (nSPS) is 15.7. The lowest BCUT2D eigenvalue weighted by Gasteiger charge is -2.33. The van der Waals surface area contributed by atoms with Gasteiger partial charge in [0.2, 0.25) is 0 Å². The van der Waals surface area contributed by atoms with Gasteiger partial charge in [-0.25, -0.2) is 4.79 Å². The summed E-state index contributed by atoms with van der Waals surface area (Å²) in [6, 6.07) is 12.5. The fourth-order valence-corrected chi connectivity index (χ4v) is 3.16. The van der Waals surface area contributed by atoms with E-state index in [1.54, 1.807) is 37.3 Å². The molecule has 3 rings (SSSR count). The molecule has 2 aromatic carbocycles. The highest BCUT2D eigenvalue weighted by atomic mass is 35.5. The molecular formula is C22H26ClN3O3. The molecule has 1 aliphatic heterocycles. The first-order valence-corrected chi connectivity index (χ1v) is 9.68. The highest BCUT2D eigenvalue weighted by Gasteiger charge is 2.40. The van der Waals surface area contributed by atoms with E-state index in [4.69, 9.17) is 32.5 Å². The average molecular weight is 416 g/mol. The van der Waals surface area contributed by atoms with Gasteiger partial charge >= 0.3 is 5.97 Å². The summed E-state index contributed by atoms with van der Waals surface area (Å²) in [6.07, 6.45) is 0.239. The molecule has 0 amide bonds. The molecule has 154 valence electrons. The van der Waals surface area contributed by atoms with Crippen LogP contribution in [0.4, 0.5) is 5.69 Å². The van der Waals surface area contributed by atoms with Gasteiger partial charge < -0.3 is 26.3 Å². The Morgan fingerprint density at radius 1 is 1.17 bits per heavy atom. The maximum Gasteiger partial charge on any atom is 0.331 e. The van der Waals surface area contributed by atoms with Crippen LogP contribution in [-0.4, -0.2) is 11.6 Å². The molecular weight excluding hydrogens is 390 g/mol. The van der Waals surface area contributed by atoms with Gasteiger partial charge in [0.15, 0.2) is 5.75 Å². The Bertz CT molecular complexity index is 964. The Labute approximate surface area is 175 Å². The molecule has 0 radical (unpaired) electrons. The van der Waals surface area contributed by atoms with Crippen LogP contribution in [0, 0.1) is 0 Å². The van der Waals surface area contributed by atoms with Crippen LogP contribution in [0.1, 0.15) is 38.8 Å². The molecule has 5 N–H and O–H groups in total. The number of benzene rings is 2. The van der Waals surface area contributed by atoms with Gasteiger partial charge in [-0.05, 0) is 63.1 Å². The first-order chi connectivity index (χ1) is 13.5.